The maximum absolute atomic E-state index is 11.7. The predicted octanol–water partition coefficient (Wildman–Crippen LogP) is 2.54. The number of para-hydroxylation sites is 1. The molecule has 92 valence electrons. The Bertz CT molecular complexity index is 360. The lowest BCUT2D eigenvalue weighted by Crippen LogP contribution is -2.36. The third-order valence-corrected chi connectivity index (χ3v) is 2.27. The van der Waals surface area contributed by atoms with E-state index in [0.29, 0.717) is 12.3 Å². The zero-order chi connectivity index (χ0) is 12.5. The maximum atomic E-state index is 11.7. The Morgan fingerprint density at radius 1 is 1.41 bits per heavy atom. The number of benzene rings is 1. The molecule has 1 amide bonds. The highest BCUT2D eigenvalue weighted by atomic mass is 16.5. The fourth-order valence-electron chi connectivity index (χ4n) is 1.35. The van der Waals surface area contributed by atoms with Crippen molar-refractivity contribution < 1.29 is 9.53 Å². The molecule has 1 aromatic rings. The first-order chi connectivity index (χ1) is 8.24. The summed E-state index contributed by atoms with van der Waals surface area (Å²) in [7, 11) is 0. The topological polar surface area (TPSA) is 38.3 Å². The van der Waals surface area contributed by atoms with E-state index in [9.17, 15) is 4.79 Å². The Balaban J connectivity index is 2.32. The quantitative estimate of drug-likeness (QED) is 0.605. The van der Waals surface area contributed by atoms with Crippen molar-refractivity contribution in [2.75, 3.05) is 6.54 Å². The fourth-order valence-corrected chi connectivity index (χ4v) is 1.35. The van der Waals surface area contributed by atoms with Crippen LogP contribution in [0.2, 0.25) is 0 Å². The monoisotopic (exact) mass is 233 g/mol. The fraction of sp³-hybridized carbons (Fsp3) is 0.357. The summed E-state index contributed by atoms with van der Waals surface area (Å²) in [6, 6.07) is 9.35. The number of hydrogen-bond donors (Lipinski definition) is 1. The minimum atomic E-state index is -0.469. The smallest absolute Gasteiger partial charge is 0.260 e. The van der Waals surface area contributed by atoms with Gasteiger partial charge in [0.15, 0.2) is 6.10 Å². The second-order valence-electron chi connectivity index (χ2n) is 3.72. The van der Waals surface area contributed by atoms with Gasteiger partial charge >= 0.3 is 0 Å². The summed E-state index contributed by atoms with van der Waals surface area (Å²) in [5.74, 6) is 0.627. The highest BCUT2D eigenvalue weighted by molar-refractivity contribution is 5.80. The van der Waals surface area contributed by atoms with E-state index in [4.69, 9.17) is 4.74 Å². The summed E-state index contributed by atoms with van der Waals surface area (Å²) in [6.07, 6.45) is 4.36. The zero-order valence-electron chi connectivity index (χ0n) is 10.3. The molecule has 1 atom stereocenters. The van der Waals surface area contributed by atoms with Gasteiger partial charge in [-0.1, -0.05) is 30.4 Å². The van der Waals surface area contributed by atoms with E-state index < -0.39 is 6.10 Å². The maximum Gasteiger partial charge on any atom is 0.260 e. The summed E-state index contributed by atoms with van der Waals surface area (Å²) in [5.41, 5.74) is 0. The number of nitrogens with one attached hydrogen (secondary N) is 1. The molecule has 0 aliphatic heterocycles. The van der Waals surface area contributed by atoms with Crippen molar-refractivity contribution >= 4 is 5.91 Å². The average molecular weight is 233 g/mol. The minimum absolute atomic E-state index is 0.0849. The molecule has 1 aromatic carbocycles. The number of carbonyl (C=O) groups excluding carboxylic acids is 1. The van der Waals surface area contributed by atoms with Crippen LogP contribution in [0, 0.1) is 0 Å². The largest absolute Gasteiger partial charge is 0.481 e. The summed E-state index contributed by atoms with van der Waals surface area (Å²) in [6.45, 7) is 4.35. The van der Waals surface area contributed by atoms with E-state index in [-0.39, 0.29) is 5.91 Å². The van der Waals surface area contributed by atoms with Crippen molar-refractivity contribution in [3.05, 3.63) is 42.5 Å². The highest BCUT2D eigenvalue weighted by Gasteiger charge is 2.13. The van der Waals surface area contributed by atoms with Gasteiger partial charge in [0.25, 0.3) is 5.91 Å². The Hall–Kier alpha value is -1.77. The van der Waals surface area contributed by atoms with E-state index in [1.165, 1.54) is 0 Å². The van der Waals surface area contributed by atoms with Crippen LogP contribution in [0.1, 0.15) is 20.3 Å². The standard InChI is InChI=1S/C14H19NO2/c1-3-4-8-11-15-14(16)12(2)17-13-9-6-5-7-10-13/h3-7,9-10,12H,8,11H2,1-2H3,(H,15,16)/b4-3+. The van der Waals surface area contributed by atoms with Crippen LogP contribution in [0.25, 0.3) is 0 Å². The molecular weight excluding hydrogens is 214 g/mol. The molecule has 0 saturated carbocycles. The Labute approximate surface area is 102 Å². The molecule has 1 N–H and O–H groups in total. The molecule has 0 heterocycles. The van der Waals surface area contributed by atoms with Crippen LogP contribution in [-0.4, -0.2) is 18.6 Å². The van der Waals surface area contributed by atoms with E-state index in [2.05, 4.69) is 5.32 Å². The third-order valence-electron chi connectivity index (χ3n) is 2.27. The summed E-state index contributed by atoms with van der Waals surface area (Å²) in [5, 5.41) is 2.82. The van der Waals surface area contributed by atoms with E-state index in [1.54, 1.807) is 6.92 Å². The normalized spacial score (nSPS) is 12.4. The Morgan fingerprint density at radius 2 is 2.12 bits per heavy atom. The van der Waals surface area contributed by atoms with E-state index >= 15 is 0 Å². The summed E-state index contributed by atoms with van der Waals surface area (Å²) >= 11 is 0. The van der Waals surface area contributed by atoms with Gasteiger partial charge in [-0.3, -0.25) is 4.79 Å². The van der Waals surface area contributed by atoms with Crippen molar-refractivity contribution in [1.29, 1.82) is 0 Å². The lowest BCUT2D eigenvalue weighted by atomic mass is 10.3. The third kappa shape index (κ3) is 5.20. The lowest BCUT2D eigenvalue weighted by Gasteiger charge is -2.14. The first-order valence-corrected chi connectivity index (χ1v) is 5.84. The first kappa shape index (κ1) is 13.3. The second kappa shape index (κ2) is 7.49. The number of rotatable bonds is 6. The van der Waals surface area contributed by atoms with Crippen LogP contribution >= 0.6 is 0 Å². The van der Waals surface area contributed by atoms with Crippen LogP contribution in [0.4, 0.5) is 0 Å². The van der Waals surface area contributed by atoms with Crippen LogP contribution in [0.15, 0.2) is 42.5 Å². The molecule has 1 unspecified atom stereocenters. The number of amides is 1. The van der Waals surface area contributed by atoms with Gasteiger partial charge in [-0.2, -0.15) is 0 Å². The predicted molar refractivity (Wildman–Crippen MR) is 69.0 cm³/mol. The van der Waals surface area contributed by atoms with Gasteiger partial charge in [0.05, 0.1) is 0 Å². The molecule has 0 fully saturated rings. The molecule has 3 nitrogen and oxygen atoms in total. The molecule has 0 aliphatic carbocycles. The first-order valence-electron chi connectivity index (χ1n) is 5.84. The minimum Gasteiger partial charge on any atom is -0.481 e. The molecule has 17 heavy (non-hydrogen) atoms. The molecule has 1 rings (SSSR count). The van der Waals surface area contributed by atoms with Crippen molar-refractivity contribution in [2.24, 2.45) is 0 Å². The van der Waals surface area contributed by atoms with Crippen molar-refractivity contribution in [2.45, 2.75) is 26.4 Å². The van der Waals surface area contributed by atoms with Crippen LogP contribution in [-0.2, 0) is 4.79 Å². The molecule has 0 aromatic heterocycles. The molecule has 0 radical (unpaired) electrons. The molecule has 0 bridgehead atoms. The second-order valence-corrected chi connectivity index (χ2v) is 3.72. The number of carbonyl (C=O) groups is 1. The van der Waals surface area contributed by atoms with Crippen molar-refractivity contribution in [3.8, 4) is 5.75 Å². The summed E-state index contributed by atoms with van der Waals surface area (Å²) in [4.78, 5) is 11.7. The molecule has 0 saturated heterocycles. The number of hydrogen-bond acceptors (Lipinski definition) is 2. The van der Waals surface area contributed by atoms with Gasteiger partial charge in [-0.25, -0.2) is 0 Å². The van der Waals surface area contributed by atoms with E-state index in [0.717, 1.165) is 6.42 Å². The van der Waals surface area contributed by atoms with Gasteiger partial charge in [-0.15, -0.1) is 0 Å². The van der Waals surface area contributed by atoms with Gasteiger partial charge < -0.3 is 10.1 Å². The zero-order valence-corrected chi connectivity index (χ0v) is 10.3. The van der Waals surface area contributed by atoms with Crippen LogP contribution < -0.4 is 10.1 Å². The van der Waals surface area contributed by atoms with E-state index in [1.807, 2.05) is 49.4 Å². The SMILES string of the molecule is C/C=C/CCNC(=O)C(C)Oc1ccccc1. The molecule has 0 aliphatic rings. The molecule has 0 spiro atoms. The van der Waals surface area contributed by atoms with Crippen molar-refractivity contribution in [1.82, 2.24) is 5.32 Å². The Morgan fingerprint density at radius 3 is 2.76 bits per heavy atom. The Kier molecular flexibility index (Phi) is 5.86. The van der Waals surface area contributed by atoms with Gasteiger partial charge in [-0.05, 0) is 32.4 Å². The van der Waals surface area contributed by atoms with Gasteiger partial charge in [0.2, 0.25) is 0 Å². The summed E-state index contributed by atoms with van der Waals surface area (Å²) < 4.78 is 5.50. The number of allylic oxidation sites excluding steroid dienone is 1. The average Bonchev–Trinajstić information content (AvgIpc) is 2.35. The van der Waals surface area contributed by atoms with Crippen LogP contribution in [0.3, 0.4) is 0 Å². The van der Waals surface area contributed by atoms with Crippen LogP contribution in [0.5, 0.6) is 5.75 Å². The van der Waals surface area contributed by atoms with Crippen molar-refractivity contribution in [3.63, 3.8) is 0 Å². The van der Waals surface area contributed by atoms with Gasteiger partial charge in [0.1, 0.15) is 5.75 Å². The van der Waals surface area contributed by atoms with Gasteiger partial charge in [0, 0.05) is 6.54 Å². The molecular formula is C14H19NO2. The highest BCUT2D eigenvalue weighted by Crippen LogP contribution is 2.10. The molecule has 3 heteroatoms. The lowest BCUT2D eigenvalue weighted by molar-refractivity contribution is -0.127. The number of ether oxygens (including phenoxy) is 1.